The van der Waals surface area contributed by atoms with Crippen molar-refractivity contribution in [3.63, 3.8) is 0 Å². The van der Waals surface area contributed by atoms with Crippen LogP contribution in [0, 0.1) is 25.7 Å². The minimum absolute atomic E-state index is 0.0223. The molecule has 0 aliphatic rings. The van der Waals surface area contributed by atoms with Crippen LogP contribution < -0.4 is 21.8 Å². The highest BCUT2D eigenvalue weighted by atomic mass is 16.4. The normalized spacial score (nSPS) is 13.5. The zero-order valence-corrected chi connectivity index (χ0v) is 38.2. The van der Waals surface area contributed by atoms with Gasteiger partial charge >= 0.3 is 11.9 Å². The standard InChI is InChI=1S/C51H61N5O8/c1-30(2)21-42(55-19-11-10-15-44(55)57)49(63)54-41(27-47(61)62)36-23-37(29-52-28-36)48-32(5)16-17-39(33(48)6)34-18-20-56(45(58)25-34)43(22-31(3)4)50(64)53-40(26-46(59)60)35-13-12-14-38(24-35)51(7,8)9/h10-20,23-25,28-31,40-43H,21-22,26-27H2,1-9H3,(H,53,64)(H,54,63)(H,59,60)(H,61,62)/t40-,41+,42+,43?/m1/s1. The molecule has 64 heavy (non-hydrogen) atoms. The summed E-state index contributed by atoms with van der Waals surface area (Å²) in [6.07, 6.45) is 6.27. The number of carboxylic acids is 2. The van der Waals surface area contributed by atoms with Crippen molar-refractivity contribution in [2.75, 3.05) is 0 Å². The number of nitrogens with one attached hydrogen (secondary N) is 2. The van der Waals surface area contributed by atoms with Crippen LogP contribution in [-0.4, -0.2) is 48.1 Å². The molecule has 3 aromatic heterocycles. The van der Waals surface area contributed by atoms with E-state index < -0.39 is 59.9 Å². The van der Waals surface area contributed by atoms with Gasteiger partial charge in [0, 0.05) is 42.5 Å². The minimum Gasteiger partial charge on any atom is -0.481 e. The summed E-state index contributed by atoms with van der Waals surface area (Å²) < 4.78 is 2.76. The fourth-order valence-electron chi connectivity index (χ4n) is 8.20. The molecule has 0 spiro atoms. The molecule has 4 atom stereocenters. The van der Waals surface area contributed by atoms with E-state index in [-0.39, 0.29) is 29.2 Å². The predicted molar refractivity (Wildman–Crippen MR) is 248 cm³/mol. The highest BCUT2D eigenvalue weighted by Crippen LogP contribution is 2.36. The lowest BCUT2D eigenvalue weighted by atomic mass is 9.85. The van der Waals surface area contributed by atoms with Crippen LogP contribution in [0.1, 0.15) is 126 Å². The predicted octanol–water partition coefficient (Wildman–Crippen LogP) is 8.49. The average Bonchev–Trinajstić information content (AvgIpc) is 3.21. The lowest BCUT2D eigenvalue weighted by molar-refractivity contribution is -0.139. The van der Waals surface area contributed by atoms with Crippen molar-refractivity contribution in [3.05, 3.63) is 146 Å². The van der Waals surface area contributed by atoms with E-state index in [1.807, 2.05) is 71.9 Å². The number of aryl methyl sites for hydroxylation is 1. The smallest absolute Gasteiger partial charge is 0.305 e. The number of carboxylic acid groups (broad SMARTS) is 2. The number of pyridine rings is 3. The quantitative estimate of drug-likeness (QED) is 0.0669. The van der Waals surface area contributed by atoms with E-state index in [2.05, 4.69) is 36.4 Å². The van der Waals surface area contributed by atoms with E-state index in [4.69, 9.17) is 0 Å². The summed E-state index contributed by atoms with van der Waals surface area (Å²) in [7, 11) is 0. The molecule has 1 unspecified atom stereocenters. The minimum atomic E-state index is -1.13. The molecule has 5 rings (SSSR count). The van der Waals surface area contributed by atoms with Crippen molar-refractivity contribution in [1.29, 1.82) is 0 Å². The fraction of sp³-hybridized carbons (Fsp3) is 0.392. The largest absolute Gasteiger partial charge is 0.481 e. The summed E-state index contributed by atoms with van der Waals surface area (Å²) in [6.45, 7) is 17.8. The third-order valence-corrected chi connectivity index (χ3v) is 11.4. The van der Waals surface area contributed by atoms with Gasteiger partial charge in [-0.05, 0) is 107 Å². The summed E-state index contributed by atoms with van der Waals surface area (Å²) >= 11 is 0. The number of amides is 2. The van der Waals surface area contributed by atoms with E-state index in [9.17, 15) is 39.0 Å². The Hall–Kier alpha value is -6.63. The van der Waals surface area contributed by atoms with E-state index in [0.29, 0.717) is 35.1 Å². The van der Waals surface area contributed by atoms with Gasteiger partial charge in [0.05, 0.1) is 24.9 Å². The molecule has 13 heteroatoms. The first kappa shape index (κ1) is 48.4. The summed E-state index contributed by atoms with van der Waals surface area (Å²) in [5.74, 6) is -3.06. The molecule has 0 saturated heterocycles. The van der Waals surface area contributed by atoms with Gasteiger partial charge in [-0.1, -0.05) is 90.9 Å². The second-order valence-corrected chi connectivity index (χ2v) is 18.5. The van der Waals surface area contributed by atoms with Gasteiger partial charge in [-0.3, -0.25) is 33.8 Å². The topological polar surface area (TPSA) is 190 Å². The third-order valence-electron chi connectivity index (χ3n) is 11.4. The molecule has 0 bridgehead atoms. The first-order valence-electron chi connectivity index (χ1n) is 21.7. The summed E-state index contributed by atoms with van der Waals surface area (Å²) in [5.41, 5.74) is 5.73. The lowest BCUT2D eigenvalue weighted by Crippen LogP contribution is -2.40. The first-order chi connectivity index (χ1) is 30.1. The second kappa shape index (κ2) is 20.7. The molecule has 3 heterocycles. The molecule has 2 amide bonds. The molecule has 338 valence electrons. The molecule has 5 aromatic rings. The van der Waals surface area contributed by atoms with Crippen LogP contribution in [0.4, 0.5) is 0 Å². The molecule has 0 saturated carbocycles. The maximum atomic E-state index is 14.1. The number of hydrogen-bond acceptors (Lipinski definition) is 7. The number of nitrogens with zero attached hydrogens (tertiary/aromatic N) is 3. The van der Waals surface area contributed by atoms with E-state index in [1.165, 1.54) is 27.5 Å². The van der Waals surface area contributed by atoms with Crippen LogP contribution in [0.5, 0.6) is 0 Å². The van der Waals surface area contributed by atoms with Gasteiger partial charge in [-0.2, -0.15) is 0 Å². The van der Waals surface area contributed by atoms with Crippen LogP contribution in [0.25, 0.3) is 22.3 Å². The molecule has 2 aromatic carbocycles. The molecule has 13 nitrogen and oxygen atoms in total. The second-order valence-electron chi connectivity index (χ2n) is 18.5. The summed E-state index contributed by atoms with van der Waals surface area (Å²) in [4.78, 5) is 83.5. The Balaban J connectivity index is 1.48. The maximum absolute atomic E-state index is 14.1. The molecule has 0 fully saturated rings. The van der Waals surface area contributed by atoms with Gasteiger partial charge in [-0.25, -0.2) is 0 Å². The highest BCUT2D eigenvalue weighted by molar-refractivity contribution is 5.84. The SMILES string of the molecule is Cc1ccc(-c2ccn(C(CC(C)C)C(=O)N[C@H](CC(=O)O)c3cccc(C(C)(C)C)c3)c(=O)c2)c(C)c1-c1cncc([C@H](CC(=O)O)NC(=O)[C@H](CC(C)C)n2ccccc2=O)c1. The van der Waals surface area contributed by atoms with Crippen molar-refractivity contribution in [2.24, 2.45) is 11.8 Å². The van der Waals surface area contributed by atoms with Crippen LogP contribution in [0.2, 0.25) is 0 Å². The van der Waals surface area contributed by atoms with Crippen molar-refractivity contribution >= 4 is 23.8 Å². The zero-order chi connectivity index (χ0) is 47.0. The van der Waals surface area contributed by atoms with Crippen LogP contribution >= 0.6 is 0 Å². The molecular formula is C51H61N5O8. The summed E-state index contributed by atoms with van der Waals surface area (Å²) in [5, 5.41) is 25.6. The third kappa shape index (κ3) is 12.1. The van der Waals surface area contributed by atoms with Crippen molar-refractivity contribution in [3.8, 4) is 22.3 Å². The number of aromatic nitrogens is 3. The van der Waals surface area contributed by atoms with Crippen molar-refractivity contribution in [2.45, 2.75) is 118 Å². The van der Waals surface area contributed by atoms with Gasteiger partial charge in [0.25, 0.3) is 11.1 Å². The Morgan fingerprint density at radius 3 is 1.80 bits per heavy atom. The fourth-order valence-corrected chi connectivity index (χ4v) is 8.20. The summed E-state index contributed by atoms with van der Waals surface area (Å²) in [6, 6.07) is 17.5. The number of benzene rings is 2. The Morgan fingerprint density at radius 2 is 1.25 bits per heavy atom. The number of hydrogen-bond donors (Lipinski definition) is 4. The van der Waals surface area contributed by atoms with Crippen LogP contribution in [0.3, 0.4) is 0 Å². The molecule has 0 aliphatic heterocycles. The van der Waals surface area contributed by atoms with Crippen molar-refractivity contribution < 1.29 is 29.4 Å². The molecule has 0 radical (unpaired) electrons. The van der Waals surface area contributed by atoms with E-state index >= 15 is 0 Å². The Morgan fingerprint density at radius 1 is 0.656 bits per heavy atom. The monoisotopic (exact) mass is 871 g/mol. The average molecular weight is 872 g/mol. The Bertz CT molecular complexity index is 2620. The number of aliphatic carboxylic acids is 2. The maximum Gasteiger partial charge on any atom is 0.305 e. The molecule has 4 N–H and O–H groups in total. The van der Waals surface area contributed by atoms with Gasteiger partial charge in [0.15, 0.2) is 0 Å². The van der Waals surface area contributed by atoms with E-state index in [0.717, 1.165) is 27.8 Å². The lowest BCUT2D eigenvalue weighted by Gasteiger charge is -2.26. The van der Waals surface area contributed by atoms with Gasteiger partial charge in [0.1, 0.15) is 12.1 Å². The van der Waals surface area contributed by atoms with Crippen LogP contribution in [0.15, 0.2) is 107 Å². The zero-order valence-electron chi connectivity index (χ0n) is 38.2. The van der Waals surface area contributed by atoms with Gasteiger partial charge in [-0.15, -0.1) is 0 Å². The first-order valence-corrected chi connectivity index (χ1v) is 21.7. The number of carbonyl (C=O) groups is 4. The highest BCUT2D eigenvalue weighted by Gasteiger charge is 2.29. The van der Waals surface area contributed by atoms with Gasteiger partial charge in [0.2, 0.25) is 11.8 Å². The molecular weight excluding hydrogens is 811 g/mol. The van der Waals surface area contributed by atoms with E-state index in [1.54, 1.807) is 48.9 Å². The molecule has 0 aliphatic carbocycles. The van der Waals surface area contributed by atoms with Crippen molar-refractivity contribution in [1.82, 2.24) is 24.8 Å². The Kier molecular flexibility index (Phi) is 15.7. The number of carbonyl (C=O) groups excluding carboxylic acids is 2. The number of rotatable bonds is 18. The Labute approximate surface area is 374 Å². The van der Waals surface area contributed by atoms with Crippen LogP contribution in [-0.2, 0) is 24.6 Å². The van der Waals surface area contributed by atoms with Gasteiger partial charge < -0.3 is 30.0 Å².